The molecule has 0 saturated carbocycles. The number of rotatable bonds is 5. The van der Waals surface area contributed by atoms with Gasteiger partial charge in [0.15, 0.2) is 0 Å². The van der Waals surface area contributed by atoms with Gasteiger partial charge in [-0.1, -0.05) is 31.5 Å². The predicted molar refractivity (Wildman–Crippen MR) is 92.6 cm³/mol. The van der Waals surface area contributed by atoms with Gasteiger partial charge in [0, 0.05) is 30.9 Å². The Balaban J connectivity index is 1.87. The summed E-state index contributed by atoms with van der Waals surface area (Å²) >= 11 is 0. The summed E-state index contributed by atoms with van der Waals surface area (Å²) in [4.78, 5) is 9.48. The SMILES string of the molecule is CCCCc1nc2cnc3ccccc3c2n1CC1CCOC1. The molecule has 1 saturated heterocycles. The van der Waals surface area contributed by atoms with E-state index in [0.29, 0.717) is 5.92 Å². The van der Waals surface area contributed by atoms with Gasteiger partial charge in [0.25, 0.3) is 0 Å². The van der Waals surface area contributed by atoms with Crippen LogP contribution >= 0.6 is 0 Å². The summed E-state index contributed by atoms with van der Waals surface area (Å²) in [7, 11) is 0. The van der Waals surface area contributed by atoms with E-state index in [1.165, 1.54) is 29.6 Å². The van der Waals surface area contributed by atoms with E-state index in [2.05, 4.69) is 34.7 Å². The van der Waals surface area contributed by atoms with Crippen LogP contribution in [0.5, 0.6) is 0 Å². The molecule has 4 nitrogen and oxygen atoms in total. The third kappa shape index (κ3) is 2.72. The second kappa shape index (κ2) is 6.28. The van der Waals surface area contributed by atoms with Crippen molar-refractivity contribution in [2.75, 3.05) is 13.2 Å². The van der Waals surface area contributed by atoms with E-state index in [4.69, 9.17) is 9.72 Å². The Labute approximate surface area is 136 Å². The van der Waals surface area contributed by atoms with E-state index in [-0.39, 0.29) is 0 Å². The number of aryl methyl sites for hydroxylation is 1. The van der Waals surface area contributed by atoms with Crippen LogP contribution in [0.25, 0.3) is 21.9 Å². The van der Waals surface area contributed by atoms with Crippen LogP contribution in [0.1, 0.15) is 32.0 Å². The molecule has 1 aliphatic rings. The highest BCUT2D eigenvalue weighted by Crippen LogP contribution is 2.27. The van der Waals surface area contributed by atoms with Crippen LogP contribution in [-0.2, 0) is 17.7 Å². The highest BCUT2D eigenvalue weighted by atomic mass is 16.5. The molecule has 0 bridgehead atoms. The first kappa shape index (κ1) is 14.6. The van der Waals surface area contributed by atoms with Crippen molar-refractivity contribution in [3.8, 4) is 0 Å². The Morgan fingerprint density at radius 1 is 1.26 bits per heavy atom. The summed E-state index contributed by atoms with van der Waals surface area (Å²) in [6, 6.07) is 8.38. The third-order valence-corrected chi connectivity index (χ3v) is 4.78. The van der Waals surface area contributed by atoms with Crippen LogP contribution in [0.3, 0.4) is 0 Å². The van der Waals surface area contributed by atoms with Crippen molar-refractivity contribution in [3.05, 3.63) is 36.3 Å². The van der Waals surface area contributed by atoms with Gasteiger partial charge in [0.05, 0.1) is 23.8 Å². The van der Waals surface area contributed by atoms with Crippen molar-refractivity contribution < 1.29 is 4.74 Å². The van der Waals surface area contributed by atoms with Crippen molar-refractivity contribution in [2.24, 2.45) is 5.92 Å². The Hall–Kier alpha value is -1.94. The van der Waals surface area contributed by atoms with Crippen molar-refractivity contribution >= 4 is 21.9 Å². The molecule has 2 aromatic heterocycles. The molecule has 23 heavy (non-hydrogen) atoms. The highest BCUT2D eigenvalue weighted by molar-refractivity contribution is 6.02. The van der Waals surface area contributed by atoms with Crippen LogP contribution in [0, 0.1) is 5.92 Å². The molecule has 3 aromatic rings. The lowest BCUT2D eigenvalue weighted by molar-refractivity contribution is 0.182. The molecular formula is C19H23N3O. The lowest BCUT2D eigenvalue weighted by Crippen LogP contribution is -2.13. The van der Waals surface area contributed by atoms with E-state index in [1.807, 2.05) is 12.3 Å². The normalized spacial score (nSPS) is 18.2. The number of hydrogen-bond acceptors (Lipinski definition) is 3. The molecule has 0 amide bonds. The van der Waals surface area contributed by atoms with Crippen LogP contribution in [0.4, 0.5) is 0 Å². The fraction of sp³-hybridized carbons (Fsp3) is 0.474. The number of hydrogen-bond donors (Lipinski definition) is 0. The second-order valence-electron chi connectivity index (χ2n) is 6.48. The fourth-order valence-corrected chi connectivity index (χ4v) is 3.52. The summed E-state index contributed by atoms with van der Waals surface area (Å²) in [5.41, 5.74) is 3.31. The van der Waals surface area contributed by atoms with Gasteiger partial charge >= 0.3 is 0 Å². The van der Waals surface area contributed by atoms with Gasteiger partial charge in [-0.05, 0) is 18.9 Å². The standard InChI is InChI=1S/C19H23N3O/c1-2-3-8-18-21-17-11-20-16-7-5-4-6-15(16)19(17)22(18)12-14-9-10-23-13-14/h4-7,11,14H,2-3,8-10,12-13H2,1H3. The maximum atomic E-state index is 5.58. The minimum absolute atomic E-state index is 0.597. The molecule has 3 heterocycles. The van der Waals surface area contributed by atoms with Crippen LogP contribution in [0.2, 0.25) is 0 Å². The Bertz CT molecular complexity index is 818. The van der Waals surface area contributed by atoms with Gasteiger partial charge in [0.1, 0.15) is 11.3 Å². The number of nitrogens with zero attached hydrogens (tertiary/aromatic N) is 3. The number of unbranched alkanes of at least 4 members (excludes halogenated alkanes) is 1. The summed E-state index contributed by atoms with van der Waals surface area (Å²) in [5, 5.41) is 1.21. The number of ether oxygens (including phenoxy) is 1. The van der Waals surface area contributed by atoms with Gasteiger partial charge < -0.3 is 9.30 Å². The molecule has 4 heteroatoms. The molecule has 1 atom stereocenters. The average molecular weight is 309 g/mol. The molecule has 0 aliphatic carbocycles. The molecule has 1 fully saturated rings. The predicted octanol–water partition coefficient (Wildman–Crippen LogP) is 3.96. The number of pyridine rings is 1. The van der Waals surface area contributed by atoms with E-state index >= 15 is 0 Å². The first-order valence-corrected chi connectivity index (χ1v) is 8.67. The van der Waals surface area contributed by atoms with Crippen molar-refractivity contribution in [1.29, 1.82) is 0 Å². The van der Waals surface area contributed by atoms with Crippen LogP contribution in [-0.4, -0.2) is 27.7 Å². The zero-order chi connectivity index (χ0) is 15.6. The lowest BCUT2D eigenvalue weighted by atomic mass is 10.1. The highest BCUT2D eigenvalue weighted by Gasteiger charge is 2.20. The average Bonchev–Trinajstić information content (AvgIpc) is 3.21. The van der Waals surface area contributed by atoms with Gasteiger partial charge in [-0.25, -0.2) is 4.98 Å². The van der Waals surface area contributed by atoms with E-state index < -0.39 is 0 Å². The molecule has 120 valence electrons. The van der Waals surface area contributed by atoms with E-state index in [9.17, 15) is 0 Å². The maximum absolute atomic E-state index is 5.58. The monoisotopic (exact) mass is 309 g/mol. The van der Waals surface area contributed by atoms with Gasteiger partial charge in [0.2, 0.25) is 0 Å². The summed E-state index contributed by atoms with van der Waals surface area (Å²) in [6.45, 7) is 5.00. The van der Waals surface area contributed by atoms with Gasteiger partial charge in [-0.3, -0.25) is 4.98 Å². The molecular weight excluding hydrogens is 286 g/mol. The number of aromatic nitrogens is 3. The number of imidazole rings is 1. The molecule has 1 aromatic carbocycles. The first-order valence-electron chi connectivity index (χ1n) is 8.67. The largest absolute Gasteiger partial charge is 0.381 e. The maximum Gasteiger partial charge on any atom is 0.109 e. The second-order valence-corrected chi connectivity index (χ2v) is 6.48. The summed E-state index contributed by atoms with van der Waals surface area (Å²) in [6.07, 6.45) is 6.47. The Morgan fingerprint density at radius 2 is 2.17 bits per heavy atom. The first-order chi connectivity index (χ1) is 11.4. The third-order valence-electron chi connectivity index (χ3n) is 4.78. The van der Waals surface area contributed by atoms with E-state index in [0.717, 1.165) is 43.6 Å². The smallest absolute Gasteiger partial charge is 0.109 e. The molecule has 1 aliphatic heterocycles. The Kier molecular flexibility index (Phi) is 4.00. The van der Waals surface area contributed by atoms with Crippen LogP contribution in [0.15, 0.2) is 30.5 Å². The summed E-state index contributed by atoms with van der Waals surface area (Å²) in [5.74, 6) is 1.80. The summed E-state index contributed by atoms with van der Waals surface area (Å²) < 4.78 is 8.02. The zero-order valence-corrected chi connectivity index (χ0v) is 13.7. The molecule has 0 radical (unpaired) electrons. The van der Waals surface area contributed by atoms with E-state index in [1.54, 1.807) is 0 Å². The van der Waals surface area contributed by atoms with Gasteiger partial charge in [-0.2, -0.15) is 0 Å². The number of fused-ring (bicyclic) bond motifs is 3. The molecule has 1 unspecified atom stereocenters. The number of para-hydroxylation sites is 1. The Morgan fingerprint density at radius 3 is 3.00 bits per heavy atom. The fourth-order valence-electron chi connectivity index (χ4n) is 3.52. The minimum atomic E-state index is 0.597. The lowest BCUT2D eigenvalue weighted by Gasteiger charge is -2.14. The van der Waals surface area contributed by atoms with Crippen LogP contribution < -0.4 is 0 Å². The minimum Gasteiger partial charge on any atom is -0.381 e. The number of benzene rings is 1. The molecule has 0 N–H and O–H groups in total. The quantitative estimate of drug-likeness (QED) is 0.716. The zero-order valence-electron chi connectivity index (χ0n) is 13.7. The van der Waals surface area contributed by atoms with Crippen molar-refractivity contribution in [3.63, 3.8) is 0 Å². The topological polar surface area (TPSA) is 39.9 Å². The van der Waals surface area contributed by atoms with Crippen molar-refractivity contribution in [1.82, 2.24) is 14.5 Å². The molecule has 4 rings (SSSR count). The van der Waals surface area contributed by atoms with Crippen molar-refractivity contribution in [2.45, 2.75) is 39.2 Å². The van der Waals surface area contributed by atoms with Gasteiger partial charge in [-0.15, -0.1) is 0 Å². The molecule has 0 spiro atoms.